The number of benzene rings is 1. The van der Waals surface area contributed by atoms with Crippen molar-refractivity contribution >= 4 is 41.4 Å². The van der Waals surface area contributed by atoms with Gasteiger partial charge in [0.1, 0.15) is 18.7 Å². The van der Waals surface area contributed by atoms with Gasteiger partial charge in [-0.1, -0.05) is 26.0 Å². The lowest BCUT2D eigenvalue weighted by Crippen LogP contribution is -2.55. The number of nitrogens with zero attached hydrogens (tertiary/aromatic N) is 1. The first kappa shape index (κ1) is 36.6. The van der Waals surface area contributed by atoms with Gasteiger partial charge in [0.25, 0.3) is 0 Å². The molecule has 0 fully saturated rings. The van der Waals surface area contributed by atoms with Crippen molar-refractivity contribution in [3.8, 4) is 0 Å². The molecule has 1 aromatic rings. The molecule has 1 rings (SSSR count). The van der Waals surface area contributed by atoms with Gasteiger partial charge in [0.2, 0.25) is 23.6 Å². The third-order valence-electron chi connectivity index (χ3n) is 6.09. The molecule has 0 spiro atoms. The number of anilines is 1. The molecule has 240 valence electrons. The highest BCUT2D eigenvalue weighted by Gasteiger charge is 2.29. The summed E-state index contributed by atoms with van der Waals surface area (Å²) < 4.78 is 5.29. The summed E-state index contributed by atoms with van der Waals surface area (Å²) in [4.78, 5) is 74.5. The Labute approximate surface area is 251 Å². The van der Waals surface area contributed by atoms with E-state index < -0.39 is 47.8 Å². The predicted octanol–water partition coefficient (Wildman–Crippen LogP) is -1.44. The van der Waals surface area contributed by atoms with E-state index in [0.717, 1.165) is 0 Å². The van der Waals surface area contributed by atoms with Crippen molar-refractivity contribution in [2.45, 2.75) is 45.4 Å². The molecule has 0 aliphatic carbocycles. The first-order chi connectivity index (χ1) is 20.4. The number of nitrogens with one attached hydrogen (secondary N) is 6. The maximum atomic E-state index is 13.2. The second-order valence-electron chi connectivity index (χ2n) is 10.0. The second kappa shape index (κ2) is 19.6. The highest BCUT2D eigenvalue weighted by Crippen LogP contribution is 2.13. The lowest BCUT2D eigenvalue weighted by molar-refractivity contribution is -0.132. The second-order valence-corrected chi connectivity index (χ2v) is 10.0. The molecule has 0 heterocycles. The van der Waals surface area contributed by atoms with E-state index in [0.29, 0.717) is 30.8 Å². The summed E-state index contributed by atoms with van der Waals surface area (Å²) in [6.07, 6.45) is 0.00414. The number of hydrogen-bond acceptors (Lipinski definition) is 9. The van der Waals surface area contributed by atoms with Crippen molar-refractivity contribution in [2.75, 3.05) is 52.1 Å². The van der Waals surface area contributed by atoms with Crippen LogP contribution in [0.25, 0.3) is 0 Å². The fourth-order valence-electron chi connectivity index (χ4n) is 3.60. The van der Waals surface area contributed by atoms with Crippen molar-refractivity contribution in [1.82, 2.24) is 31.5 Å². The Hall–Kier alpha value is -4.44. The highest BCUT2D eigenvalue weighted by atomic mass is 16.6. The molecule has 16 heteroatoms. The number of primary amides is 1. The van der Waals surface area contributed by atoms with Crippen LogP contribution in [0.15, 0.2) is 24.3 Å². The van der Waals surface area contributed by atoms with Crippen molar-refractivity contribution < 1.29 is 33.5 Å². The molecular weight excluding hydrogens is 562 g/mol. The van der Waals surface area contributed by atoms with Crippen molar-refractivity contribution in [3.63, 3.8) is 0 Å². The third kappa shape index (κ3) is 14.8. The minimum Gasteiger partial charge on any atom is -0.445 e. The van der Waals surface area contributed by atoms with E-state index in [1.807, 2.05) is 0 Å². The Morgan fingerprint density at radius 1 is 0.930 bits per heavy atom. The Balaban J connectivity index is 2.87. The number of rotatable bonds is 18. The Morgan fingerprint density at radius 3 is 2.19 bits per heavy atom. The summed E-state index contributed by atoms with van der Waals surface area (Å²) >= 11 is 0. The molecule has 0 bridgehead atoms. The quantitative estimate of drug-likeness (QED) is 0.0911. The minimum absolute atomic E-state index is 0.0424. The topological polar surface area (TPSA) is 239 Å². The molecule has 0 aliphatic heterocycles. The molecule has 0 aromatic heterocycles. The summed E-state index contributed by atoms with van der Waals surface area (Å²) in [7, 11) is 3.42. The molecule has 0 aliphatic rings. The van der Waals surface area contributed by atoms with Crippen LogP contribution in [0.3, 0.4) is 0 Å². The molecule has 43 heavy (non-hydrogen) atoms. The molecule has 7 amide bonds. The van der Waals surface area contributed by atoms with Crippen LogP contribution < -0.4 is 43.4 Å². The van der Waals surface area contributed by atoms with Crippen LogP contribution in [0.1, 0.15) is 32.3 Å². The predicted molar refractivity (Wildman–Crippen MR) is 159 cm³/mol. The van der Waals surface area contributed by atoms with E-state index in [4.69, 9.17) is 16.2 Å². The number of amides is 7. The maximum Gasteiger partial charge on any atom is 0.409 e. The summed E-state index contributed by atoms with van der Waals surface area (Å²) in [6.45, 7) is 4.13. The van der Waals surface area contributed by atoms with Crippen LogP contribution in [0.4, 0.5) is 15.3 Å². The first-order valence-corrected chi connectivity index (χ1v) is 13.9. The van der Waals surface area contributed by atoms with E-state index in [-0.39, 0.29) is 38.6 Å². The molecule has 16 nitrogen and oxygen atoms in total. The number of carbonyl (C=O) groups is 6. The van der Waals surface area contributed by atoms with Crippen LogP contribution in [0.2, 0.25) is 0 Å². The first-order valence-electron chi connectivity index (χ1n) is 13.9. The summed E-state index contributed by atoms with van der Waals surface area (Å²) in [5.74, 6) is -2.60. The lowest BCUT2D eigenvalue weighted by Gasteiger charge is -2.25. The molecule has 2 unspecified atom stereocenters. The number of ether oxygens (including phenoxy) is 1. The number of hydrogen-bond donors (Lipinski definition) is 8. The monoisotopic (exact) mass is 607 g/mol. The standard InChI is InChI=1S/C27H45N9O7/c1-17(2)23(35-22(38)15-32-21(37)14-28)25(40)34-20(6-5-11-31-26(29)41)24(39)33-19-9-7-18(8-10-19)16-43-27(42)36(4)13-12-30-3/h7-10,17,20,23,30H,5-6,11-16,28H2,1-4H3,(H,32,37)(H,33,39)(H,34,40)(H,35,38)(H3,29,31,41). The number of likely N-dealkylation sites (N-methyl/N-ethyl adjacent to an activating group) is 2. The van der Waals surface area contributed by atoms with Gasteiger partial charge in [0.15, 0.2) is 0 Å². The Morgan fingerprint density at radius 2 is 1.60 bits per heavy atom. The van der Waals surface area contributed by atoms with E-state index in [2.05, 4.69) is 31.9 Å². The van der Waals surface area contributed by atoms with Gasteiger partial charge in [-0.2, -0.15) is 0 Å². The average molecular weight is 608 g/mol. The van der Waals surface area contributed by atoms with Crippen LogP contribution >= 0.6 is 0 Å². The zero-order valence-corrected chi connectivity index (χ0v) is 25.2. The van der Waals surface area contributed by atoms with Gasteiger partial charge in [-0.05, 0) is 43.5 Å². The molecule has 10 N–H and O–H groups in total. The van der Waals surface area contributed by atoms with Gasteiger partial charge >= 0.3 is 12.1 Å². The third-order valence-corrected chi connectivity index (χ3v) is 6.09. The lowest BCUT2D eigenvalue weighted by atomic mass is 10.0. The van der Waals surface area contributed by atoms with Gasteiger partial charge < -0.3 is 53.0 Å². The normalized spacial score (nSPS) is 12.0. The van der Waals surface area contributed by atoms with Crippen LogP contribution in [-0.2, 0) is 30.5 Å². The molecule has 0 radical (unpaired) electrons. The summed E-state index contributed by atoms with van der Waals surface area (Å²) in [5, 5.41) is 15.7. The van der Waals surface area contributed by atoms with Gasteiger partial charge in [0, 0.05) is 32.4 Å². The SMILES string of the molecule is CNCCN(C)C(=O)OCc1ccc(NC(=O)C(CCCNC(N)=O)NC(=O)C(NC(=O)CNC(=O)CN)C(C)C)cc1. The fraction of sp³-hybridized carbons (Fsp3) is 0.556. The molecule has 1 aromatic carbocycles. The molecule has 0 saturated heterocycles. The summed E-state index contributed by atoms with van der Waals surface area (Å²) in [6, 6.07) is 3.90. The van der Waals surface area contributed by atoms with Gasteiger partial charge in [-0.3, -0.25) is 19.2 Å². The van der Waals surface area contributed by atoms with Gasteiger partial charge in [0.05, 0.1) is 13.1 Å². The largest absolute Gasteiger partial charge is 0.445 e. The van der Waals surface area contributed by atoms with Crippen LogP contribution in [-0.4, -0.2) is 99.6 Å². The zero-order chi connectivity index (χ0) is 32.4. The smallest absolute Gasteiger partial charge is 0.409 e. The van der Waals surface area contributed by atoms with Crippen molar-refractivity contribution in [1.29, 1.82) is 0 Å². The van der Waals surface area contributed by atoms with E-state index in [1.165, 1.54) is 4.90 Å². The van der Waals surface area contributed by atoms with Crippen LogP contribution in [0, 0.1) is 5.92 Å². The van der Waals surface area contributed by atoms with Gasteiger partial charge in [-0.15, -0.1) is 0 Å². The molecule has 2 atom stereocenters. The van der Waals surface area contributed by atoms with Gasteiger partial charge in [-0.25, -0.2) is 9.59 Å². The zero-order valence-electron chi connectivity index (χ0n) is 25.2. The highest BCUT2D eigenvalue weighted by molar-refractivity contribution is 5.98. The van der Waals surface area contributed by atoms with E-state index in [1.54, 1.807) is 52.2 Å². The van der Waals surface area contributed by atoms with Crippen molar-refractivity contribution in [2.24, 2.45) is 17.4 Å². The average Bonchev–Trinajstić information content (AvgIpc) is 2.97. The van der Waals surface area contributed by atoms with Crippen molar-refractivity contribution in [3.05, 3.63) is 29.8 Å². The fourth-order valence-corrected chi connectivity index (χ4v) is 3.60. The van der Waals surface area contributed by atoms with Crippen LogP contribution in [0.5, 0.6) is 0 Å². The molecule has 0 saturated carbocycles. The number of carbonyl (C=O) groups excluding carboxylic acids is 6. The number of urea groups is 1. The Bertz CT molecular complexity index is 1080. The maximum absolute atomic E-state index is 13.2. The minimum atomic E-state index is -1.02. The summed E-state index contributed by atoms with van der Waals surface area (Å²) in [5.41, 5.74) is 11.5. The Kier molecular flexibility index (Phi) is 16.7. The number of nitrogens with two attached hydrogens (primary N) is 2. The van der Waals surface area contributed by atoms with E-state index in [9.17, 15) is 28.8 Å². The molecular formula is C27H45N9O7. The van der Waals surface area contributed by atoms with E-state index >= 15 is 0 Å².